The van der Waals surface area contributed by atoms with Gasteiger partial charge in [-0.2, -0.15) is 11.3 Å². The van der Waals surface area contributed by atoms with Crippen molar-refractivity contribution in [2.75, 3.05) is 5.73 Å². The fraction of sp³-hybridized carbons (Fsp3) is 0.0909. The van der Waals surface area contributed by atoms with E-state index in [0.717, 1.165) is 16.8 Å². The average Bonchev–Trinajstić information content (AvgIpc) is 2.71. The van der Waals surface area contributed by atoms with Crippen LogP contribution in [0.25, 0.3) is 11.1 Å². The molecule has 2 nitrogen and oxygen atoms in total. The van der Waals surface area contributed by atoms with Crippen LogP contribution < -0.4 is 11.5 Å². The molecule has 1 aromatic heterocycles. The lowest BCUT2D eigenvalue weighted by atomic mass is 10.0. The van der Waals surface area contributed by atoms with Gasteiger partial charge in [0.15, 0.2) is 0 Å². The van der Waals surface area contributed by atoms with E-state index >= 15 is 0 Å². The Morgan fingerprint density at radius 3 is 2.44 bits per heavy atom. The van der Waals surface area contributed by atoms with Crippen LogP contribution in [0.3, 0.4) is 0 Å². The second-order valence-corrected chi connectivity index (χ2v) is 3.92. The fourth-order valence-electron chi connectivity index (χ4n) is 1.40. The van der Waals surface area contributed by atoms with E-state index in [4.69, 9.17) is 11.5 Å². The number of nitrogens with two attached hydrogens (primary N) is 2. The lowest BCUT2D eigenvalue weighted by Crippen LogP contribution is -1.98. The van der Waals surface area contributed by atoms with Crippen LogP contribution in [0.4, 0.5) is 5.69 Å². The zero-order chi connectivity index (χ0) is 9.97. The summed E-state index contributed by atoms with van der Waals surface area (Å²) in [6.45, 7) is 0.553. The number of benzene rings is 1. The van der Waals surface area contributed by atoms with Gasteiger partial charge in [0.2, 0.25) is 0 Å². The number of rotatable bonds is 2. The third kappa shape index (κ3) is 3.12. The topological polar surface area (TPSA) is 52.0 Å². The fourth-order valence-corrected chi connectivity index (χ4v) is 2.05. The second kappa shape index (κ2) is 6.76. The van der Waals surface area contributed by atoms with E-state index in [2.05, 4.69) is 17.5 Å². The van der Waals surface area contributed by atoms with Crippen LogP contribution in [0.1, 0.15) is 5.56 Å². The maximum Gasteiger partial charge on any atom is 0.0394 e. The Labute approximate surface area is 111 Å². The molecule has 5 heteroatoms. The minimum Gasteiger partial charge on any atom is -0.398 e. The molecule has 0 fully saturated rings. The van der Waals surface area contributed by atoms with Crippen molar-refractivity contribution in [1.29, 1.82) is 0 Å². The standard InChI is InChI=1S/C11H12N2S.2ClH/c12-6-8-1-2-11(13)10(5-8)9-3-4-14-7-9;;/h1-5,7H,6,12-13H2;2*1H. The van der Waals surface area contributed by atoms with Gasteiger partial charge in [0.25, 0.3) is 0 Å². The van der Waals surface area contributed by atoms with E-state index in [1.54, 1.807) is 11.3 Å². The number of thiophene rings is 1. The van der Waals surface area contributed by atoms with Crippen LogP contribution >= 0.6 is 36.2 Å². The molecule has 4 N–H and O–H groups in total. The minimum atomic E-state index is 0. The second-order valence-electron chi connectivity index (χ2n) is 3.14. The van der Waals surface area contributed by atoms with Crippen molar-refractivity contribution >= 4 is 41.8 Å². The van der Waals surface area contributed by atoms with E-state index in [-0.39, 0.29) is 24.8 Å². The minimum absolute atomic E-state index is 0. The van der Waals surface area contributed by atoms with Crippen molar-refractivity contribution < 1.29 is 0 Å². The largest absolute Gasteiger partial charge is 0.398 e. The monoisotopic (exact) mass is 276 g/mol. The Morgan fingerprint density at radius 2 is 1.88 bits per heavy atom. The molecule has 0 unspecified atom stereocenters. The Kier molecular flexibility index (Phi) is 6.45. The molecule has 16 heavy (non-hydrogen) atoms. The highest BCUT2D eigenvalue weighted by molar-refractivity contribution is 7.08. The van der Waals surface area contributed by atoms with Gasteiger partial charge in [0.1, 0.15) is 0 Å². The van der Waals surface area contributed by atoms with Crippen molar-refractivity contribution in [3.63, 3.8) is 0 Å². The van der Waals surface area contributed by atoms with Gasteiger partial charge in [-0.15, -0.1) is 24.8 Å². The van der Waals surface area contributed by atoms with Crippen molar-refractivity contribution in [2.24, 2.45) is 5.73 Å². The van der Waals surface area contributed by atoms with Crippen LogP contribution in [-0.2, 0) is 6.54 Å². The lowest BCUT2D eigenvalue weighted by molar-refractivity contribution is 1.07. The first kappa shape index (κ1) is 15.3. The molecule has 1 heterocycles. The molecule has 0 spiro atoms. The number of hydrogen-bond acceptors (Lipinski definition) is 3. The van der Waals surface area contributed by atoms with Gasteiger partial charge < -0.3 is 11.5 Å². The van der Waals surface area contributed by atoms with E-state index in [0.29, 0.717) is 6.54 Å². The van der Waals surface area contributed by atoms with Gasteiger partial charge in [-0.25, -0.2) is 0 Å². The Balaban J connectivity index is 0.00000112. The smallest absolute Gasteiger partial charge is 0.0394 e. The number of anilines is 1. The van der Waals surface area contributed by atoms with Gasteiger partial charge >= 0.3 is 0 Å². The molecule has 0 saturated carbocycles. The maximum atomic E-state index is 5.90. The van der Waals surface area contributed by atoms with Gasteiger partial charge in [0, 0.05) is 17.8 Å². The van der Waals surface area contributed by atoms with Crippen LogP contribution in [0, 0.1) is 0 Å². The molecule has 0 aliphatic carbocycles. The first-order valence-corrected chi connectivity index (χ1v) is 5.36. The number of hydrogen-bond donors (Lipinski definition) is 2. The third-order valence-electron chi connectivity index (χ3n) is 2.19. The maximum absolute atomic E-state index is 5.90. The quantitative estimate of drug-likeness (QED) is 0.827. The zero-order valence-corrected chi connectivity index (χ0v) is 11.0. The molecule has 0 aliphatic rings. The van der Waals surface area contributed by atoms with Crippen molar-refractivity contribution in [3.8, 4) is 11.1 Å². The van der Waals surface area contributed by atoms with Gasteiger partial charge in [-0.05, 0) is 40.1 Å². The van der Waals surface area contributed by atoms with Gasteiger partial charge in [-0.3, -0.25) is 0 Å². The van der Waals surface area contributed by atoms with Crippen LogP contribution in [0.15, 0.2) is 35.0 Å². The molecule has 1 aromatic carbocycles. The molecule has 0 aliphatic heterocycles. The van der Waals surface area contributed by atoms with E-state index in [9.17, 15) is 0 Å². The molecule has 2 rings (SSSR count). The highest BCUT2D eigenvalue weighted by atomic mass is 35.5. The summed E-state index contributed by atoms with van der Waals surface area (Å²) >= 11 is 1.67. The first-order valence-electron chi connectivity index (χ1n) is 4.42. The van der Waals surface area contributed by atoms with Gasteiger partial charge in [0.05, 0.1) is 0 Å². The molecule has 0 bridgehead atoms. The molecular formula is C11H14Cl2N2S. The van der Waals surface area contributed by atoms with E-state index in [1.165, 1.54) is 5.56 Å². The molecule has 0 amide bonds. The summed E-state index contributed by atoms with van der Waals surface area (Å²) < 4.78 is 0. The predicted octanol–water partition coefficient (Wildman–Crippen LogP) is 3.30. The Hall–Kier alpha value is -0.740. The summed E-state index contributed by atoms with van der Waals surface area (Å²) in [5, 5.41) is 4.13. The van der Waals surface area contributed by atoms with E-state index in [1.807, 2.05) is 17.5 Å². The zero-order valence-electron chi connectivity index (χ0n) is 8.55. The number of nitrogen functional groups attached to an aromatic ring is 1. The Morgan fingerprint density at radius 1 is 1.12 bits per heavy atom. The van der Waals surface area contributed by atoms with Crippen LogP contribution in [0.2, 0.25) is 0 Å². The van der Waals surface area contributed by atoms with Crippen molar-refractivity contribution in [2.45, 2.75) is 6.54 Å². The van der Waals surface area contributed by atoms with E-state index < -0.39 is 0 Å². The number of halogens is 2. The summed E-state index contributed by atoms with van der Waals surface area (Å²) in [5.41, 5.74) is 15.6. The molecular weight excluding hydrogens is 263 g/mol. The summed E-state index contributed by atoms with van der Waals surface area (Å²) in [4.78, 5) is 0. The van der Waals surface area contributed by atoms with Crippen LogP contribution in [0.5, 0.6) is 0 Å². The molecule has 0 atom stereocenters. The highest BCUT2D eigenvalue weighted by Gasteiger charge is 2.03. The van der Waals surface area contributed by atoms with Crippen LogP contribution in [-0.4, -0.2) is 0 Å². The highest BCUT2D eigenvalue weighted by Crippen LogP contribution is 2.28. The molecule has 2 aromatic rings. The average molecular weight is 277 g/mol. The molecule has 88 valence electrons. The van der Waals surface area contributed by atoms with Crippen molar-refractivity contribution in [1.82, 2.24) is 0 Å². The molecule has 0 saturated heterocycles. The van der Waals surface area contributed by atoms with Gasteiger partial charge in [-0.1, -0.05) is 6.07 Å². The summed E-state index contributed by atoms with van der Waals surface area (Å²) in [7, 11) is 0. The van der Waals surface area contributed by atoms with Crippen molar-refractivity contribution in [3.05, 3.63) is 40.6 Å². The SMILES string of the molecule is Cl.Cl.NCc1ccc(N)c(-c2ccsc2)c1. The molecule has 0 radical (unpaired) electrons. The lowest BCUT2D eigenvalue weighted by Gasteiger charge is -2.05. The summed E-state index contributed by atoms with van der Waals surface area (Å²) in [6.07, 6.45) is 0. The third-order valence-corrected chi connectivity index (χ3v) is 2.87. The summed E-state index contributed by atoms with van der Waals surface area (Å²) in [6, 6.07) is 7.99. The summed E-state index contributed by atoms with van der Waals surface area (Å²) in [5.74, 6) is 0. The normalized spacial score (nSPS) is 9.06. The predicted molar refractivity (Wildman–Crippen MR) is 76.6 cm³/mol. The first-order chi connectivity index (χ1) is 6.81. The Bertz CT molecular complexity index is 430.